The summed E-state index contributed by atoms with van der Waals surface area (Å²) in [5.41, 5.74) is -4.12. The molecule has 4 heterocycles. The quantitative estimate of drug-likeness (QED) is 0.117. The Morgan fingerprint density at radius 1 is 1.00 bits per heavy atom. The fourth-order valence-corrected chi connectivity index (χ4v) is 10.8. The van der Waals surface area contributed by atoms with Gasteiger partial charge in [0.25, 0.3) is 0 Å². The molecule has 3 fully saturated rings. The molecule has 396 valence electrons. The second-order valence-electron chi connectivity index (χ2n) is 21.0. The molecule has 0 unspecified atom stereocenters. The number of hydrogen-bond donors (Lipinski definition) is 7. The van der Waals surface area contributed by atoms with Gasteiger partial charge in [0, 0.05) is 62.8 Å². The van der Waals surface area contributed by atoms with Gasteiger partial charge in [-0.25, -0.2) is 9.18 Å². The summed E-state index contributed by atoms with van der Waals surface area (Å²) in [5.74, 6) is -3.25. The van der Waals surface area contributed by atoms with Gasteiger partial charge in [0.05, 0.1) is 53.8 Å². The van der Waals surface area contributed by atoms with Crippen LogP contribution in [0.25, 0.3) is 0 Å². The van der Waals surface area contributed by atoms with Gasteiger partial charge in [-0.2, -0.15) is 0 Å². The predicted octanol–water partition coefficient (Wildman–Crippen LogP) is 3.49. The molecular formula is C49H83FN4O15. The first-order valence-electron chi connectivity index (χ1n) is 24.6. The number of aliphatic hydroxyl groups excluding tert-OH is 3. The topological polar surface area (TPSA) is 240 Å². The van der Waals surface area contributed by atoms with Gasteiger partial charge in [-0.05, 0) is 100 Å². The lowest BCUT2D eigenvalue weighted by Gasteiger charge is -2.48. The van der Waals surface area contributed by atoms with E-state index in [0.29, 0.717) is 30.7 Å². The van der Waals surface area contributed by atoms with Crippen molar-refractivity contribution in [3.63, 3.8) is 0 Å². The Balaban J connectivity index is 1.47. The average molecular weight is 987 g/mol. The second-order valence-corrected chi connectivity index (χ2v) is 21.0. The van der Waals surface area contributed by atoms with Gasteiger partial charge in [-0.3, -0.25) is 9.69 Å². The van der Waals surface area contributed by atoms with Crippen LogP contribution in [0.4, 0.5) is 14.9 Å². The number of benzene rings is 1. The lowest BCUT2D eigenvalue weighted by Crippen LogP contribution is -2.60. The molecule has 69 heavy (non-hydrogen) atoms. The van der Waals surface area contributed by atoms with Crippen molar-refractivity contribution in [1.82, 2.24) is 15.1 Å². The smallest absolute Gasteiger partial charge is 0.319 e. The van der Waals surface area contributed by atoms with Gasteiger partial charge in [0.2, 0.25) is 0 Å². The van der Waals surface area contributed by atoms with Crippen LogP contribution in [0.15, 0.2) is 12.1 Å². The lowest BCUT2D eigenvalue weighted by molar-refractivity contribution is -0.318. The normalized spacial score (nSPS) is 41.0. The zero-order valence-corrected chi connectivity index (χ0v) is 43.0. The Bertz CT molecular complexity index is 1850. The number of aliphatic hydroxyl groups is 5. The molecule has 2 amide bonds. The molecule has 0 aliphatic carbocycles. The molecule has 4 aliphatic heterocycles. The van der Waals surface area contributed by atoms with Crippen molar-refractivity contribution in [2.24, 2.45) is 17.8 Å². The van der Waals surface area contributed by atoms with Crippen molar-refractivity contribution in [3.05, 3.63) is 23.5 Å². The van der Waals surface area contributed by atoms with E-state index in [1.165, 1.54) is 26.2 Å². The molecule has 1 aromatic carbocycles. The molecule has 0 aromatic heterocycles. The minimum Gasteiger partial charge on any atom is -0.465 e. The van der Waals surface area contributed by atoms with Crippen molar-refractivity contribution in [3.8, 4) is 5.75 Å². The third kappa shape index (κ3) is 13.6. The van der Waals surface area contributed by atoms with Crippen LogP contribution in [0, 0.1) is 23.6 Å². The first-order valence-corrected chi connectivity index (χ1v) is 24.6. The molecule has 3 saturated heterocycles. The van der Waals surface area contributed by atoms with Gasteiger partial charge in [0.1, 0.15) is 35.8 Å². The number of ether oxygens (including phenoxy) is 8. The summed E-state index contributed by atoms with van der Waals surface area (Å²) in [5, 5.41) is 65.4. The average Bonchev–Trinajstić information content (AvgIpc) is 3.28. The second kappa shape index (κ2) is 23.8. The van der Waals surface area contributed by atoms with Crippen molar-refractivity contribution < 1.29 is 77.4 Å². The number of rotatable bonds is 12. The van der Waals surface area contributed by atoms with Gasteiger partial charge in [-0.1, -0.05) is 20.8 Å². The maximum absolute atomic E-state index is 14.6. The highest BCUT2D eigenvalue weighted by atomic mass is 19.1. The van der Waals surface area contributed by atoms with E-state index in [1.54, 1.807) is 48.5 Å². The molecule has 0 saturated carbocycles. The Hall–Kier alpha value is -2.83. The number of methoxy groups -OCH3 is 1. The Labute approximate surface area is 407 Å². The standard InChI is InChI=1S/C49H83FN4O15/c1-14-36-49(10,61)41(56)30(6)54(17-15-16-51-46(59)52-34-20-33(50)19-32-24-63-25-64-40(32)34)23-26(2)21-47(8,60)43(69-45-38(55)35(53(11)12)18-27(3)65-45)28(4)39(29(5)44(58)67-36)68-37-22-48(9,62-13)42(57)31(7)66-37/h19-20,26-31,35-39,41-43,45,55-57,60-61H,14-18,21-25H2,1-13H3,(H2,51,52,59)/t26-,27-,28+,29-,30-,31+,35+,36-,37+,38-,39+,41-,42+,43-,45+,47-,48-,49-/m1/s1. The minimum atomic E-state index is -1.97. The number of anilines is 1. The Kier molecular flexibility index (Phi) is 19.7. The van der Waals surface area contributed by atoms with Gasteiger partial charge < -0.3 is 79.0 Å². The van der Waals surface area contributed by atoms with Crippen molar-refractivity contribution in [1.29, 1.82) is 0 Å². The molecule has 1 aromatic rings. The third-order valence-electron chi connectivity index (χ3n) is 14.9. The molecular weight excluding hydrogens is 904 g/mol. The highest BCUT2D eigenvalue weighted by Gasteiger charge is 2.53. The molecule has 4 aliphatic rings. The monoisotopic (exact) mass is 987 g/mol. The number of fused-ring (bicyclic) bond motifs is 1. The molecule has 0 spiro atoms. The van der Waals surface area contributed by atoms with E-state index in [0.717, 1.165) is 0 Å². The summed E-state index contributed by atoms with van der Waals surface area (Å²) in [6, 6.07) is 0.779. The van der Waals surface area contributed by atoms with Crippen molar-refractivity contribution in [2.45, 2.75) is 198 Å². The largest absolute Gasteiger partial charge is 0.465 e. The number of nitrogens with one attached hydrogen (secondary N) is 2. The number of nitrogens with zero attached hydrogens (tertiary/aromatic N) is 2. The molecule has 19 nitrogen and oxygen atoms in total. The summed E-state index contributed by atoms with van der Waals surface area (Å²) in [6.45, 7) is 18.1. The van der Waals surface area contributed by atoms with Gasteiger partial charge >= 0.3 is 12.0 Å². The van der Waals surface area contributed by atoms with Crippen molar-refractivity contribution in [2.75, 3.05) is 52.9 Å². The van der Waals surface area contributed by atoms with Crippen LogP contribution >= 0.6 is 0 Å². The number of halogens is 1. The molecule has 0 bridgehead atoms. The zero-order valence-electron chi connectivity index (χ0n) is 43.0. The molecule has 7 N–H and O–H groups in total. The summed E-state index contributed by atoms with van der Waals surface area (Å²) in [7, 11) is 5.21. The third-order valence-corrected chi connectivity index (χ3v) is 14.9. The summed E-state index contributed by atoms with van der Waals surface area (Å²) >= 11 is 0. The van der Waals surface area contributed by atoms with E-state index in [4.69, 9.17) is 37.9 Å². The molecule has 0 radical (unpaired) electrons. The number of cyclic esters (lactones) is 1. The summed E-state index contributed by atoms with van der Waals surface area (Å²) in [4.78, 5) is 31.5. The number of hydrogen-bond acceptors (Lipinski definition) is 17. The van der Waals surface area contributed by atoms with Gasteiger partial charge in [-0.15, -0.1) is 0 Å². The number of amides is 2. The van der Waals surface area contributed by atoms with Crippen LogP contribution in [0.1, 0.15) is 107 Å². The molecule has 18 atom stereocenters. The first kappa shape index (κ1) is 57.1. The number of carbonyl (C=O) groups excluding carboxylic acids is 2. The van der Waals surface area contributed by atoms with Crippen LogP contribution in [-0.2, 0) is 44.6 Å². The summed E-state index contributed by atoms with van der Waals surface area (Å²) < 4.78 is 63.2. The maximum Gasteiger partial charge on any atom is 0.319 e. The fourth-order valence-electron chi connectivity index (χ4n) is 10.8. The highest BCUT2D eigenvalue weighted by Crippen LogP contribution is 2.41. The fraction of sp³-hybridized carbons (Fsp3) is 0.837. The number of urea groups is 1. The van der Waals surface area contributed by atoms with E-state index in [9.17, 15) is 39.5 Å². The number of likely N-dealkylation sites (N-methyl/N-ethyl adjacent to an activating group) is 1. The van der Waals surface area contributed by atoms with Crippen molar-refractivity contribution >= 4 is 17.7 Å². The van der Waals surface area contributed by atoms with Gasteiger partial charge in [0.15, 0.2) is 25.1 Å². The number of esters is 1. The van der Waals surface area contributed by atoms with E-state index >= 15 is 0 Å². The lowest BCUT2D eigenvalue weighted by atomic mass is 9.77. The van der Waals surface area contributed by atoms with Crippen LogP contribution in [0.2, 0.25) is 0 Å². The Morgan fingerprint density at radius 2 is 1.70 bits per heavy atom. The zero-order chi connectivity index (χ0) is 51.3. The maximum atomic E-state index is 14.6. The summed E-state index contributed by atoms with van der Waals surface area (Å²) in [6.07, 6.45) is -9.06. The number of carbonyl (C=O) groups is 2. The predicted molar refractivity (Wildman–Crippen MR) is 251 cm³/mol. The SMILES string of the molecule is CC[C@H]1OC(=O)[C@H](C)[C@@H](O[C@H]2C[C@@](C)(OC)[C@@H](O)[C@H](C)O2)[C@H](C)[C@@H](O[C@@H]2O[C@H](C)C[C@H](N(C)C)[C@H]2O)[C@](C)(O)C[C@@H](C)CN(CCCNC(=O)Nc2cc(F)cc3c2OCOC3)[C@H](C)[C@@H](O)[C@]1(C)O. The van der Waals surface area contributed by atoms with E-state index in [-0.39, 0.29) is 69.5 Å². The minimum absolute atomic E-state index is 0.0389. The van der Waals surface area contributed by atoms with E-state index in [1.807, 2.05) is 37.7 Å². The van der Waals surface area contributed by atoms with Crippen LogP contribution in [0.5, 0.6) is 5.75 Å². The van der Waals surface area contributed by atoms with Crippen LogP contribution in [0.3, 0.4) is 0 Å². The van der Waals surface area contributed by atoms with Crippen LogP contribution < -0.4 is 15.4 Å². The highest BCUT2D eigenvalue weighted by molar-refractivity contribution is 5.91. The molecule has 20 heteroatoms. The van der Waals surface area contributed by atoms with E-state index in [2.05, 4.69) is 10.6 Å². The Morgan fingerprint density at radius 3 is 2.35 bits per heavy atom. The van der Waals surface area contributed by atoms with Crippen LogP contribution in [-0.4, -0.2) is 185 Å². The van der Waals surface area contributed by atoms with E-state index < -0.39 is 108 Å². The first-order chi connectivity index (χ1) is 32.2. The molecule has 5 rings (SSSR count).